The first-order valence-electron chi connectivity index (χ1n) is 6.88. The van der Waals surface area contributed by atoms with Gasteiger partial charge >= 0.3 is 0 Å². The molecule has 0 heterocycles. The first-order valence-corrected chi connectivity index (χ1v) is 9.12. The lowest BCUT2D eigenvalue weighted by atomic mass is 10.3. The number of halogens is 3. The van der Waals surface area contributed by atoms with E-state index >= 15 is 0 Å². The van der Waals surface area contributed by atoms with Gasteiger partial charge in [0.25, 0.3) is 15.9 Å². The van der Waals surface area contributed by atoms with Crippen molar-refractivity contribution < 1.29 is 22.3 Å². The number of rotatable bonds is 6. The maximum Gasteiger partial charge on any atom is 0.275 e. The Hall–Kier alpha value is -1.87. The Bertz CT molecular complexity index is 876. The highest BCUT2D eigenvalue weighted by atomic mass is 35.5. The lowest BCUT2D eigenvalue weighted by Gasteiger charge is -2.15. The highest BCUT2D eigenvalue weighted by molar-refractivity contribution is 7.89. The van der Waals surface area contributed by atoms with E-state index in [9.17, 15) is 17.6 Å². The van der Waals surface area contributed by atoms with E-state index in [2.05, 4.69) is 0 Å². The summed E-state index contributed by atoms with van der Waals surface area (Å²) in [5, 5.41) is -0.106. The number of benzene rings is 2. The Balaban J connectivity index is 2.00. The van der Waals surface area contributed by atoms with Crippen LogP contribution in [0.25, 0.3) is 0 Å². The molecule has 0 aliphatic rings. The normalized spacial score (nSPS) is 12.5. The van der Waals surface area contributed by atoms with Crippen LogP contribution >= 0.6 is 23.2 Å². The number of sulfonamides is 1. The van der Waals surface area contributed by atoms with Crippen molar-refractivity contribution >= 4 is 39.1 Å². The topological polar surface area (TPSA) is 84.5 Å². The highest BCUT2D eigenvalue weighted by Gasteiger charge is 2.22. The predicted octanol–water partition coefficient (Wildman–Crippen LogP) is 2.91. The van der Waals surface area contributed by atoms with E-state index in [0.717, 1.165) is 0 Å². The molecule has 2 N–H and O–H groups in total. The number of hydrogen-bond donors (Lipinski definition) is 2. The SMILES string of the molecule is C[C@H](Oc1ccc(F)cc1)C(=O)NNS(=O)(=O)c1cccc(Cl)c1Cl. The predicted molar refractivity (Wildman–Crippen MR) is 91.4 cm³/mol. The molecule has 0 radical (unpaired) electrons. The number of amides is 1. The zero-order chi connectivity index (χ0) is 18.6. The third kappa shape index (κ3) is 5.05. The number of carbonyl (C=O) groups is 1. The van der Waals surface area contributed by atoms with E-state index in [1.54, 1.807) is 0 Å². The number of nitrogens with one attached hydrogen (secondary N) is 2. The van der Waals surface area contributed by atoms with E-state index in [1.807, 2.05) is 10.3 Å². The molecular weight excluding hydrogens is 394 g/mol. The van der Waals surface area contributed by atoms with Crippen LogP contribution in [0.4, 0.5) is 4.39 Å². The summed E-state index contributed by atoms with van der Waals surface area (Å²) in [6.07, 6.45) is -1.04. The maximum absolute atomic E-state index is 12.8. The minimum absolute atomic E-state index is 0.0591. The average Bonchev–Trinajstić information content (AvgIpc) is 2.57. The molecule has 0 aromatic heterocycles. The fraction of sp³-hybridized carbons (Fsp3) is 0.133. The van der Waals surface area contributed by atoms with Crippen LogP contribution in [0.2, 0.25) is 10.0 Å². The van der Waals surface area contributed by atoms with Gasteiger partial charge in [-0.15, -0.1) is 4.83 Å². The van der Waals surface area contributed by atoms with Gasteiger partial charge in [0.05, 0.1) is 10.0 Å². The van der Waals surface area contributed by atoms with Crippen LogP contribution in [0, 0.1) is 5.82 Å². The molecule has 1 amide bonds. The Morgan fingerprint density at radius 2 is 1.80 bits per heavy atom. The van der Waals surface area contributed by atoms with Crippen molar-refractivity contribution in [1.29, 1.82) is 0 Å². The second-order valence-electron chi connectivity index (χ2n) is 4.86. The molecule has 134 valence electrons. The van der Waals surface area contributed by atoms with Gasteiger partial charge in [0.15, 0.2) is 6.10 Å². The van der Waals surface area contributed by atoms with E-state index in [0.29, 0.717) is 0 Å². The fourth-order valence-electron chi connectivity index (χ4n) is 1.74. The molecule has 1 atom stereocenters. The van der Waals surface area contributed by atoms with Crippen LogP contribution in [0.15, 0.2) is 47.4 Å². The molecular formula is C15H13Cl2FN2O4S. The monoisotopic (exact) mass is 406 g/mol. The van der Waals surface area contributed by atoms with E-state index < -0.39 is 27.9 Å². The van der Waals surface area contributed by atoms with Crippen molar-refractivity contribution in [3.8, 4) is 5.75 Å². The van der Waals surface area contributed by atoms with Crippen molar-refractivity contribution in [2.45, 2.75) is 17.9 Å². The average molecular weight is 407 g/mol. The maximum atomic E-state index is 12.8. The van der Waals surface area contributed by atoms with Crippen molar-refractivity contribution in [2.75, 3.05) is 0 Å². The summed E-state index contributed by atoms with van der Waals surface area (Å²) in [7, 11) is -4.12. The lowest BCUT2D eigenvalue weighted by Crippen LogP contribution is -2.47. The van der Waals surface area contributed by atoms with Gasteiger partial charge in [-0.3, -0.25) is 10.2 Å². The quantitative estimate of drug-likeness (QED) is 0.722. The van der Waals surface area contributed by atoms with Crippen LogP contribution in [0.5, 0.6) is 5.75 Å². The zero-order valence-electron chi connectivity index (χ0n) is 12.8. The Kier molecular flexibility index (Phi) is 6.23. The van der Waals surface area contributed by atoms with Gasteiger partial charge in [-0.1, -0.05) is 29.3 Å². The Morgan fingerprint density at radius 3 is 2.44 bits per heavy atom. The molecule has 0 aliphatic carbocycles. The molecule has 0 unspecified atom stereocenters. The van der Waals surface area contributed by atoms with Crippen molar-refractivity contribution in [3.63, 3.8) is 0 Å². The standard InChI is InChI=1S/C15H13Cl2FN2O4S/c1-9(24-11-7-5-10(18)6-8-11)15(21)19-20-25(22,23)13-4-2-3-12(16)14(13)17/h2-9,20H,1H3,(H,19,21)/t9-/m0/s1. The summed E-state index contributed by atoms with van der Waals surface area (Å²) in [6, 6.07) is 9.10. The Labute approximate surface area is 153 Å². The number of ether oxygens (including phenoxy) is 1. The van der Waals surface area contributed by atoms with Crippen LogP contribution in [0.1, 0.15) is 6.92 Å². The molecule has 2 rings (SSSR count). The smallest absolute Gasteiger partial charge is 0.275 e. The molecule has 2 aromatic rings. The van der Waals surface area contributed by atoms with Crippen molar-refractivity contribution in [2.24, 2.45) is 0 Å². The summed E-state index contributed by atoms with van der Waals surface area (Å²) in [5.74, 6) is -0.952. The molecule has 25 heavy (non-hydrogen) atoms. The summed E-state index contributed by atoms with van der Waals surface area (Å²) >= 11 is 11.6. The second-order valence-corrected chi connectivity index (χ2v) is 7.30. The number of carbonyl (C=O) groups excluding carboxylic acids is 1. The molecule has 0 fully saturated rings. The van der Waals surface area contributed by atoms with Gasteiger partial charge < -0.3 is 4.74 Å². The lowest BCUT2D eigenvalue weighted by molar-refractivity contribution is -0.127. The minimum Gasteiger partial charge on any atom is -0.481 e. The largest absolute Gasteiger partial charge is 0.481 e. The molecule has 10 heteroatoms. The number of hydrogen-bond acceptors (Lipinski definition) is 4. The highest BCUT2D eigenvalue weighted by Crippen LogP contribution is 2.28. The summed E-state index contributed by atoms with van der Waals surface area (Å²) in [4.78, 5) is 13.6. The van der Waals surface area contributed by atoms with Crippen LogP contribution in [-0.4, -0.2) is 20.4 Å². The molecule has 2 aromatic carbocycles. The molecule has 0 bridgehead atoms. The van der Waals surface area contributed by atoms with E-state index in [-0.39, 0.29) is 20.7 Å². The van der Waals surface area contributed by atoms with Gasteiger partial charge in [0.2, 0.25) is 0 Å². The van der Waals surface area contributed by atoms with Crippen LogP contribution < -0.4 is 15.0 Å². The van der Waals surface area contributed by atoms with E-state index in [1.165, 1.54) is 49.4 Å². The Morgan fingerprint density at radius 1 is 1.16 bits per heavy atom. The van der Waals surface area contributed by atoms with Gasteiger partial charge in [0, 0.05) is 0 Å². The molecule has 0 aliphatic heterocycles. The minimum atomic E-state index is -4.12. The molecule has 0 saturated heterocycles. The first kappa shape index (κ1) is 19.5. The molecule has 0 saturated carbocycles. The third-order valence-electron chi connectivity index (χ3n) is 3.01. The summed E-state index contributed by atoms with van der Waals surface area (Å²) in [6.45, 7) is 1.40. The van der Waals surface area contributed by atoms with Gasteiger partial charge in [-0.05, 0) is 43.3 Å². The van der Waals surface area contributed by atoms with Gasteiger partial charge in [0.1, 0.15) is 16.5 Å². The zero-order valence-corrected chi connectivity index (χ0v) is 15.1. The van der Waals surface area contributed by atoms with E-state index in [4.69, 9.17) is 27.9 Å². The number of hydrazine groups is 1. The van der Waals surface area contributed by atoms with Crippen LogP contribution in [-0.2, 0) is 14.8 Å². The van der Waals surface area contributed by atoms with Crippen LogP contribution in [0.3, 0.4) is 0 Å². The molecule has 0 spiro atoms. The second kappa shape index (κ2) is 8.01. The van der Waals surface area contributed by atoms with Crippen molar-refractivity contribution in [3.05, 3.63) is 58.3 Å². The first-order chi connectivity index (χ1) is 11.7. The molecule has 6 nitrogen and oxygen atoms in total. The third-order valence-corrected chi connectivity index (χ3v) is 5.23. The van der Waals surface area contributed by atoms with Gasteiger partial charge in [-0.2, -0.15) is 0 Å². The fourth-order valence-corrected chi connectivity index (χ4v) is 3.35. The summed E-state index contributed by atoms with van der Waals surface area (Å²) in [5.41, 5.74) is 2.02. The van der Waals surface area contributed by atoms with Gasteiger partial charge in [-0.25, -0.2) is 12.8 Å². The summed E-state index contributed by atoms with van der Waals surface area (Å²) < 4.78 is 42.5. The van der Waals surface area contributed by atoms with Crippen molar-refractivity contribution in [1.82, 2.24) is 10.3 Å².